The second-order valence-corrected chi connectivity index (χ2v) is 12.1. The van der Waals surface area contributed by atoms with Gasteiger partial charge in [0, 0.05) is 17.5 Å². The molecule has 5 N–H and O–H groups in total. The normalized spacial score (nSPS) is 25.3. The third kappa shape index (κ3) is 4.34. The number of nitrogens with two attached hydrogens (primary N) is 1. The maximum absolute atomic E-state index is 12.9. The van der Waals surface area contributed by atoms with Gasteiger partial charge in [0.25, 0.3) is 5.91 Å². The fourth-order valence-electron chi connectivity index (χ4n) is 3.57. The number of carboxylic acid groups (broad SMARTS) is 1. The van der Waals surface area contributed by atoms with E-state index in [2.05, 4.69) is 52.0 Å². The number of H-pyrrole nitrogens is 1. The standard InChI is InChI=1S/C16H18BrN9O5S3/c1-5(33-15-21-24-25-22-15)16(13(29)30)3-26-11(28)8(12(26)32-4-16)19-10(27)7(23-31-2)6-9(17)34-14(18)20-6/h5,8,12H,3-4H2,1-2H3,(H2,18,20)(H,19,27)(H,29,30)(H,21,22,24,25)/t5?,8?,12-,16?/m1/s1. The molecule has 2 aliphatic heterocycles. The molecule has 4 atom stereocenters. The highest BCUT2D eigenvalue weighted by Crippen LogP contribution is 2.47. The first-order valence-corrected chi connectivity index (χ1v) is 13.1. The van der Waals surface area contributed by atoms with Crippen LogP contribution in [0.1, 0.15) is 12.6 Å². The van der Waals surface area contributed by atoms with Crippen molar-refractivity contribution in [1.82, 2.24) is 35.8 Å². The molecule has 2 aliphatic rings. The first-order chi connectivity index (χ1) is 16.2. The molecule has 3 unspecified atom stereocenters. The third-order valence-electron chi connectivity index (χ3n) is 5.43. The van der Waals surface area contributed by atoms with E-state index in [4.69, 9.17) is 10.6 Å². The smallest absolute Gasteiger partial charge is 0.313 e. The maximum Gasteiger partial charge on any atom is 0.313 e. The number of oxime groups is 1. The van der Waals surface area contributed by atoms with Crippen LogP contribution in [0.15, 0.2) is 14.1 Å². The number of amides is 2. The topological polar surface area (TPSA) is 202 Å². The summed E-state index contributed by atoms with van der Waals surface area (Å²) in [5.41, 5.74) is 4.52. The van der Waals surface area contributed by atoms with Gasteiger partial charge >= 0.3 is 5.97 Å². The van der Waals surface area contributed by atoms with E-state index in [0.717, 1.165) is 11.3 Å². The fourth-order valence-corrected chi connectivity index (χ4v) is 7.66. The number of thiazole rings is 1. The highest BCUT2D eigenvalue weighted by atomic mass is 79.9. The Morgan fingerprint density at radius 1 is 1.53 bits per heavy atom. The number of nitrogens with one attached hydrogen (secondary N) is 2. The van der Waals surface area contributed by atoms with Crippen molar-refractivity contribution in [2.45, 2.75) is 28.7 Å². The molecule has 0 spiro atoms. The Kier molecular flexibility index (Phi) is 7.02. The van der Waals surface area contributed by atoms with Crippen molar-refractivity contribution in [2.24, 2.45) is 10.6 Å². The zero-order valence-electron chi connectivity index (χ0n) is 17.6. The number of hydrogen-bond acceptors (Lipinski definition) is 13. The maximum atomic E-state index is 12.9. The van der Waals surface area contributed by atoms with Crippen molar-refractivity contribution in [3.8, 4) is 0 Å². The van der Waals surface area contributed by atoms with Crippen molar-refractivity contribution in [1.29, 1.82) is 0 Å². The van der Waals surface area contributed by atoms with Gasteiger partial charge in [-0.2, -0.15) is 5.21 Å². The Morgan fingerprint density at radius 2 is 2.29 bits per heavy atom. The van der Waals surface area contributed by atoms with Gasteiger partial charge in [-0.3, -0.25) is 14.4 Å². The van der Waals surface area contributed by atoms with Gasteiger partial charge in [0.05, 0.1) is 0 Å². The van der Waals surface area contributed by atoms with Crippen LogP contribution in [0.4, 0.5) is 5.13 Å². The molecule has 182 valence electrons. The summed E-state index contributed by atoms with van der Waals surface area (Å²) in [7, 11) is 1.28. The molecule has 2 fully saturated rings. The van der Waals surface area contributed by atoms with Gasteiger partial charge in [-0.15, -0.1) is 22.0 Å². The van der Waals surface area contributed by atoms with Crippen LogP contribution >= 0.6 is 50.8 Å². The molecule has 2 aromatic heterocycles. The van der Waals surface area contributed by atoms with Crippen LogP contribution in [0.3, 0.4) is 0 Å². The predicted molar refractivity (Wildman–Crippen MR) is 127 cm³/mol. The van der Waals surface area contributed by atoms with E-state index in [-0.39, 0.29) is 34.7 Å². The SMILES string of the molecule is CON=C(C(=O)NC1C(=O)N2CC(C(=O)O)(C(C)Sc3nn[nH]n3)CS[C@H]12)c1nc(N)sc1Br. The van der Waals surface area contributed by atoms with Gasteiger partial charge in [-0.1, -0.05) is 35.2 Å². The highest BCUT2D eigenvalue weighted by Gasteiger charge is 2.59. The summed E-state index contributed by atoms with van der Waals surface area (Å²) in [6.07, 6.45) is 0. The lowest BCUT2D eigenvalue weighted by Gasteiger charge is -2.54. The Labute approximate surface area is 212 Å². The Balaban J connectivity index is 1.47. The number of rotatable bonds is 8. The molecule has 18 heteroatoms. The summed E-state index contributed by atoms with van der Waals surface area (Å²) in [5.74, 6) is -1.85. The van der Waals surface area contributed by atoms with E-state index in [0.29, 0.717) is 8.94 Å². The molecule has 2 amide bonds. The van der Waals surface area contributed by atoms with Gasteiger partial charge in [0.2, 0.25) is 11.1 Å². The fraction of sp³-hybridized carbons (Fsp3) is 0.500. The number of carboxylic acids is 1. The monoisotopic (exact) mass is 591 g/mol. The van der Waals surface area contributed by atoms with Crippen LogP contribution in [0.2, 0.25) is 0 Å². The molecular weight excluding hydrogens is 574 g/mol. The molecule has 14 nitrogen and oxygen atoms in total. The lowest BCUT2D eigenvalue weighted by molar-refractivity contribution is -0.158. The Morgan fingerprint density at radius 3 is 2.88 bits per heavy atom. The van der Waals surface area contributed by atoms with Crippen LogP contribution in [-0.2, 0) is 19.2 Å². The lowest BCUT2D eigenvalue weighted by Crippen LogP contribution is -2.74. The summed E-state index contributed by atoms with van der Waals surface area (Å²) >= 11 is 6.86. The van der Waals surface area contributed by atoms with E-state index >= 15 is 0 Å². The van der Waals surface area contributed by atoms with Crippen LogP contribution in [0, 0.1) is 5.41 Å². The average molecular weight is 592 g/mol. The second kappa shape index (κ2) is 9.67. The lowest BCUT2D eigenvalue weighted by atomic mass is 9.84. The molecule has 0 aromatic carbocycles. The number of nitrogen functional groups attached to an aromatic ring is 1. The summed E-state index contributed by atoms with van der Waals surface area (Å²) in [6, 6.07) is -0.846. The van der Waals surface area contributed by atoms with E-state index in [9.17, 15) is 19.5 Å². The number of halogens is 1. The number of aromatic amines is 1. The van der Waals surface area contributed by atoms with E-state index in [1.54, 1.807) is 6.92 Å². The molecule has 0 radical (unpaired) electrons. The zero-order valence-corrected chi connectivity index (χ0v) is 21.6. The van der Waals surface area contributed by atoms with Gasteiger partial charge in [-0.25, -0.2) is 4.98 Å². The first-order valence-electron chi connectivity index (χ1n) is 9.57. The Hall–Kier alpha value is -2.44. The zero-order chi connectivity index (χ0) is 24.6. The van der Waals surface area contributed by atoms with Gasteiger partial charge in [0.1, 0.15) is 33.4 Å². The number of carbonyl (C=O) groups is 3. The van der Waals surface area contributed by atoms with E-state index < -0.39 is 34.0 Å². The van der Waals surface area contributed by atoms with Gasteiger partial charge in [-0.05, 0) is 21.1 Å². The van der Waals surface area contributed by atoms with Crippen LogP contribution in [-0.4, -0.2) is 95.2 Å². The van der Waals surface area contributed by atoms with Crippen LogP contribution in [0.5, 0.6) is 0 Å². The van der Waals surface area contributed by atoms with Crippen molar-refractivity contribution in [2.75, 3.05) is 25.1 Å². The van der Waals surface area contributed by atoms with Gasteiger partial charge in [0.15, 0.2) is 10.8 Å². The number of β-lactam (4-membered cyclic amide) rings is 1. The molecular formula is C16H18BrN9O5S3. The number of aliphatic carboxylic acids is 1. The average Bonchev–Trinajstić information content (AvgIpc) is 3.43. The van der Waals surface area contributed by atoms with Crippen molar-refractivity contribution < 1.29 is 24.3 Å². The summed E-state index contributed by atoms with van der Waals surface area (Å²) in [6.45, 7) is 1.74. The van der Waals surface area contributed by atoms with Crippen molar-refractivity contribution >= 4 is 79.4 Å². The second-order valence-electron chi connectivity index (χ2n) is 7.33. The van der Waals surface area contributed by atoms with Crippen molar-refractivity contribution in [3.63, 3.8) is 0 Å². The minimum absolute atomic E-state index is 0.00952. The molecule has 2 aromatic rings. The Bertz CT molecular complexity index is 1150. The largest absolute Gasteiger partial charge is 0.481 e. The number of nitrogens with zero attached hydrogens (tertiary/aromatic N) is 6. The van der Waals surface area contributed by atoms with Gasteiger partial charge < -0.3 is 25.9 Å². The number of carbonyl (C=O) groups excluding carboxylic acids is 2. The molecule has 4 heterocycles. The van der Waals surface area contributed by atoms with Crippen molar-refractivity contribution in [3.05, 3.63) is 9.48 Å². The minimum atomic E-state index is -1.23. The highest BCUT2D eigenvalue weighted by molar-refractivity contribution is 9.11. The summed E-state index contributed by atoms with van der Waals surface area (Å²) < 4.78 is 0.490. The predicted octanol–water partition coefficient (Wildman–Crippen LogP) is 0.00310. The summed E-state index contributed by atoms with van der Waals surface area (Å²) in [5, 5.41) is 29.7. The summed E-state index contributed by atoms with van der Waals surface area (Å²) in [4.78, 5) is 48.5. The first kappa shape index (κ1) is 24.7. The minimum Gasteiger partial charge on any atom is -0.481 e. The third-order valence-corrected chi connectivity index (χ3v) is 9.70. The number of aromatic nitrogens is 5. The number of hydrogen-bond donors (Lipinski definition) is 4. The molecule has 0 aliphatic carbocycles. The number of anilines is 1. The molecule has 34 heavy (non-hydrogen) atoms. The molecule has 4 rings (SSSR count). The van der Waals surface area contributed by atoms with Crippen LogP contribution < -0.4 is 11.1 Å². The molecule has 0 saturated carbocycles. The van der Waals surface area contributed by atoms with E-state index in [1.165, 1.54) is 35.5 Å². The quantitative estimate of drug-likeness (QED) is 0.139. The number of thioether (sulfide) groups is 2. The number of fused-ring (bicyclic) bond motifs is 1. The molecule has 0 bridgehead atoms. The molecule has 2 saturated heterocycles. The van der Waals surface area contributed by atoms with Crippen LogP contribution in [0.25, 0.3) is 0 Å². The van der Waals surface area contributed by atoms with E-state index in [1.807, 2.05) is 0 Å². The number of tetrazole rings is 1.